The van der Waals surface area contributed by atoms with E-state index < -0.39 is 17.9 Å². The van der Waals surface area contributed by atoms with Gasteiger partial charge in [0.1, 0.15) is 6.04 Å². The minimum Gasteiger partial charge on any atom is -0.480 e. The van der Waals surface area contributed by atoms with Crippen molar-refractivity contribution in [2.24, 2.45) is 0 Å². The maximum Gasteiger partial charge on any atom is 0.326 e. The Labute approximate surface area is 115 Å². The van der Waals surface area contributed by atoms with Crippen LogP contribution in [0.5, 0.6) is 0 Å². The van der Waals surface area contributed by atoms with Crippen molar-refractivity contribution in [3.8, 4) is 0 Å². The maximum atomic E-state index is 12.2. The van der Waals surface area contributed by atoms with Crippen LogP contribution in [0, 0.1) is 0 Å². The third-order valence-corrected chi connectivity index (χ3v) is 2.90. The molecule has 1 aromatic heterocycles. The van der Waals surface area contributed by atoms with Crippen molar-refractivity contribution in [2.45, 2.75) is 12.5 Å². The number of pyridine rings is 1. The Kier molecular flexibility index (Phi) is 4.10. The minimum atomic E-state index is -1.09. The van der Waals surface area contributed by atoms with Gasteiger partial charge in [0.2, 0.25) is 0 Å². The molecule has 2 N–H and O–H groups in total. The summed E-state index contributed by atoms with van der Waals surface area (Å²) >= 11 is 0. The van der Waals surface area contributed by atoms with E-state index >= 15 is 0 Å². The first-order valence-corrected chi connectivity index (χ1v) is 6.12. The van der Waals surface area contributed by atoms with E-state index in [0.29, 0.717) is 16.5 Å². The summed E-state index contributed by atoms with van der Waals surface area (Å²) in [6, 6.07) is 7.80. The summed E-state index contributed by atoms with van der Waals surface area (Å²) in [5, 5.41) is 12.2. The number of carboxylic acids is 1. The molecule has 0 aliphatic rings. The van der Waals surface area contributed by atoms with E-state index in [9.17, 15) is 9.59 Å². The van der Waals surface area contributed by atoms with Gasteiger partial charge in [0.15, 0.2) is 0 Å². The molecule has 0 radical (unpaired) electrons. The molecule has 2 aromatic rings. The average Bonchev–Trinajstić information content (AvgIpc) is 2.46. The van der Waals surface area contributed by atoms with Crippen LogP contribution in [0.1, 0.15) is 16.8 Å². The Bertz CT molecular complexity index is 662. The van der Waals surface area contributed by atoms with E-state index in [2.05, 4.69) is 16.9 Å². The number of carboxylic acid groups (broad SMARTS) is 1. The van der Waals surface area contributed by atoms with Crippen molar-refractivity contribution < 1.29 is 14.7 Å². The number of para-hydroxylation sites is 1. The molecule has 0 unspecified atom stereocenters. The average molecular weight is 270 g/mol. The number of nitrogens with zero attached hydrogens (tertiary/aromatic N) is 1. The van der Waals surface area contributed by atoms with Crippen molar-refractivity contribution in [3.05, 3.63) is 54.7 Å². The Morgan fingerprint density at radius 1 is 1.35 bits per heavy atom. The standard InChI is InChI=1S/C15H14N2O3/c1-2-5-13(15(19)20)17-14(18)11-8-9-16-12-7-4-3-6-10(11)12/h2-4,6-9,13H,1,5H2,(H,17,18)(H,19,20)/t13-/m0/s1. The molecule has 0 bridgehead atoms. The summed E-state index contributed by atoms with van der Waals surface area (Å²) < 4.78 is 0. The molecular weight excluding hydrogens is 256 g/mol. The monoisotopic (exact) mass is 270 g/mol. The lowest BCUT2D eigenvalue weighted by Gasteiger charge is -2.13. The number of carbonyl (C=O) groups excluding carboxylic acids is 1. The summed E-state index contributed by atoms with van der Waals surface area (Å²) in [5.41, 5.74) is 1.10. The quantitative estimate of drug-likeness (QED) is 0.814. The molecule has 0 spiro atoms. The van der Waals surface area contributed by atoms with E-state index in [-0.39, 0.29) is 6.42 Å². The molecule has 0 fully saturated rings. The highest BCUT2D eigenvalue weighted by Crippen LogP contribution is 2.16. The SMILES string of the molecule is C=CC[C@H](NC(=O)c1ccnc2ccccc12)C(=O)O. The van der Waals surface area contributed by atoms with Gasteiger partial charge in [-0.1, -0.05) is 24.3 Å². The highest BCUT2D eigenvalue weighted by atomic mass is 16.4. The van der Waals surface area contributed by atoms with Gasteiger partial charge >= 0.3 is 5.97 Å². The first kappa shape index (κ1) is 13.7. The fourth-order valence-corrected chi connectivity index (χ4v) is 1.92. The molecule has 102 valence electrons. The van der Waals surface area contributed by atoms with Crippen LogP contribution in [0.2, 0.25) is 0 Å². The number of benzene rings is 1. The molecule has 20 heavy (non-hydrogen) atoms. The maximum absolute atomic E-state index is 12.2. The Morgan fingerprint density at radius 2 is 2.10 bits per heavy atom. The molecule has 0 aliphatic heterocycles. The van der Waals surface area contributed by atoms with Gasteiger partial charge < -0.3 is 10.4 Å². The van der Waals surface area contributed by atoms with Crippen LogP contribution in [0.15, 0.2) is 49.2 Å². The number of fused-ring (bicyclic) bond motifs is 1. The number of amides is 1. The Hall–Kier alpha value is -2.69. The third kappa shape index (κ3) is 2.83. The molecule has 5 nitrogen and oxygen atoms in total. The molecular formula is C15H14N2O3. The van der Waals surface area contributed by atoms with Crippen LogP contribution >= 0.6 is 0 Å². The number of aromatic nitrogens is 1. The fourth-order valence-electron chi connectivity index (χ4n) is 1.92. The van der Waals surface area contributed by atoms with Gasteiger partial charge in [0.25, 0.3) is 5.91 Å². The zero-order valence-electron chi connectivity index (χ0n) is 10.7. The zero-order chi connectivity index (χ0) is 14.5. The lowest BCUT2D eigenvalue weighted by molar-refractivity contribution is -0.139. The van der Waals surface area contributed by atoms with Gasteiger partial charge in [0, 0.05) is 11.6 Å². The molecule has 5 heteroatoms. The molecule has 2 rings (SSSR count). The topological polar surface area (TPSA) is 79.3 Å². The third-order valence-electron chi connectivity index (χ3n) is 2.90. The number of hydrogen-bond donors (Lipinski definition) is 2. The van der Waals surface area contributed by atoms with Gasteiger partial charge in [-0.15, -0.1) is 6.58 Å². The Balaban J connectivity index is 2.31. The van der Waals surface area contributed by atoms with Crippen LogP contribution in [0.3, 0.4) is 0 Å². The lowest BCUT2D eigenvalue weighted by Crippen LogP contribution is -2.40. The summed E-state index contributed by atoms with van der Waals surface area (Å²) in [6.45, 7) is 3.49. The highest BCUT2D eigenvalue weighted by Gasteiger charge is 2.20. The van der Waals surface area contributed by atoms with Crippen LogP contribution in [0.25, 0.3) is 10.9 Å². The second-order valence-corrected chi connectivity index (χ2v) is 4.26. The van der Waals surface area contributed by atoms with E-state index in [1.54, 1.807) is 24.3 Å². The highest BCUT2D eigenvalue weighted by molar-refractivity contribution is 6.06. The predicted molar refractivity (Wildman–Crippen MR) is 75.4 cm³/mol. The van der Waals surface area contributed by atoms with Crippen molar-refractivity contribution in [3.63, 3.8) is 0 Å². The molecule has 1 atom stereocenters. The second-order valence-electron chi connectivity index (χ2n) is 4.26. The smallest absolute Gasteiger partial charge is 0.326 e. The van der Waals surface area contributed by atoms with Crippen LogP contribution in [-0.2, 0) is 4.79 Å². The van der Waals surface area contributed by atoms with Crippen molar-refractivity contribution in [2.75, 3.05) is 0 Å². The fraction of sp³-hybridized carbons (Fsp3) is 0.133. The second kappa shape index (κ2) is 5.97. The number of rotatable bonds is 5. The van der Waals surface area contributed by atoms with Gasteiger partial charge in [-0.2, -0.15) is 0 Å². The van der Waals surface area contributed by atoms with Gasteiger partial charge in [-0.25, -0.2) is 4.79 Å². The summed E-state index contributed by atoms with van der Waals surface area (Å²) in [7, 11) is 0. The molecule has 1 heterocycles. The van der Waals surface area contributed by atoms with Gasteiger partial charge in [0.05, 0.1) is 11.1 Å². The summed E-state index contributed by atoms with van der Waals surface area (Å²) in [5.74, 6) is -1.52. The van der Waals surface area contributed by atoms with E-state index in [4.69, 9.17) is 5.11 Å². The zero-order valence-corrected chi connectivity index (χ0v) is 10.7. The van der Waals surface area contributed by atoms with E-state index in [0.717, 1.165) is 0 Å². The van der Waals surface area contributed by atoms with Gasteiger partial charge in [-0.3, -0.25) is 9.78 Å². The largest absolute Gasteiger partial charge is 0.480 e. The van der Waals surface area contributed by atoms with Crippen molar-refractivity contribution >= 4 is 22.8 Å². The van der Waals surface area contributed by atoms with E-state index in [1.807, 2.05) is 6.07 Å². The first-order valence-electron chi connectivity index (χ1n) is 6.12. The van der Waals surface area contributed by atoms with E-state index in [1.165, 1.54) is 12.3 Å². The first-order chi connectivity index (χ1) is 9.63. The molecule has 0 aliphatic carbocycles. The summed E-state index contributed by atoms with van der Waals surface area (Å²) in [6.07, 6.45) is 3.16. The molecule has 1 amide bonds. The van der Waals surface area contributed by atoms with Crippen LogP contribution in [0.4, 0.5) is 0 Å². The molecule has 0 saturated heterocycles. The number of nitrogens with one attached hydrogen (secondary N) is 1. The van der Waals surface area contributed by atoms with Gasteiger partial charge in [-0.05, 0) is 18.6 Å². The lowest BCUT2D eigenvalue weighted by atomic mass is 10.1. The van der Waals surface area contributed by atoms with Crippen molar-refractivity contribution in [1.29, 1.82) is 0 Å². The summed E-state index contributed by atoms with van der Waals surface area (Å²) in [4.78, 5) is 27.4. The molecule has 1 aromatic carbocycles. The normalized spacial score (nSPS) is 11.8. The molecule has 0 saturated carbocycles. The predicted octanol–water partition coefficient (Wildman–Crippen LogP) is 1.99. The van der Waals surface area contributed by atoms with Crippen LogP contribution < -0.4 is 5.32 Å². The number of hydrogen-bond acceptors (Lipinski definition) is 3. The minimum absolute atomic E-state index is 0.171. The number of carbonyl (C=O) groups is 2. The van der Waals surface area contributed by atoms with Crippen LogP contribution in [-0.4, -0.2) is 28.0 Å². The number of aliphatic carboxylic acids is 1. The Morgan fingerprint density at radius 3 is 2.80 bits per heavy atom. The van der Waals surface area contributed by atoms with Crippen molar-refractivity contribution in [1.82, 2.24) is 10.3 Å².